The fourth-order valence-corrected chi connectivity index (χ4v) is 3.35. The molecule has 0 saturated carbocycles. The lowest BCUT2D eigenvalue weighted by molar-refractivity contribution is 0.0538. The Balaban J connectivity index is 2.10. The Hall–Kier alpha value is -0.390. The van der Waals surface area contributed by atoms with Gasteiger partial charge in [0.25, 0.3) is 5.91 Å². The first-order valence-corrected chi connectivity index (χ1v) is 6.93. The Morgan fingerprint density at radius 3 is 2.81 bits per heavy atom. The van der Waals surface area contributed by atoms with E-state index in [1.807, 2.05) is 17.0 Å². The average molecular weight is 303 g/mol. The van der Waals surface area contributed by atoms with E-state index in [0.717, 1.165) is 28.3 Å². The molecule has 16 heavy (non-hydrogen) atoms. The third kappa shape index (κ3) is 2.47. The van der Waals surface area contributed by atoms with Crippen molar-refractivity contribution in [2.75, 3.05) is 26.7 Å². The molecule has 0 N–H and O–H groups in total. The second-order valence-corrected chi connectivity index (χ2v) is 6.68. The Labute approximate surface area is 108 Å². The van der Waals surface area contributed by atoms with Gasteiger partial charge in [-0.3, -0.25) is 4.79 Å². The number of likely N-dealkylation sites (N-methyl/N-ethyl adjacent to an activating group) is 1. The molecular weight excluding hydrogens is 288 g/mol. The number of amides is 1. The van der Waals surface area contributed by atoms with Crippen LogP contribution in [0.25, 0.3) is 0 Å². The third-order valence-electron chi connectivity index (χ3n) is 2.88. The molecule has 2 heterocycles. The van der Waals surface area contributed by atoms with Crippen molar-refractivity contribution in [2.24, 2.45) is 0 Å². The standard InChI is InChI=1S/C11H15BrN2OS/c1-8-7-13(2)5-6-14(8)11(15)9-3-4-10(12)16-9/h3-4,8H,5-7H2,1-2H3. The SMILES string of the molecule is CC1CN(C)CCN1C(=O)c1ccc(Br)s1. The van der Waals surface area contributed by atoms with Crippen molar-refractivity contribution in [1.29, 1.82) is 0 Å². The van der Waals surface area contributed by atoms with Crippen molar-refractivity contribution in [3.05, 3.63) is 20.8 Å². The summed E-state index contributed by atoms with van der Waals surface area (Å²) in [5.41, 5.74) is 0. The van der Waals surface area contributed by atoms with Gasteiger partial charge in [-0.2, -0.15) is 0 Å². The van der Waals surface area contributed by atoms with E-state index in [1.54, 1.807) is 0 Å². The van der Waals surface area contributed by atoms with Crippen LogP contribution in [-0.2, 0) is 0 Å². The van der Waals surface area contributed by atoms with Crippen LogP contribution in [0.5, 0.6) is 0 Å². The molecule has 88 valence electrons. The third-order valence-corrected chi connectivity index (χ3v) is 4.49. The molecule has 0 spiro atoms. The minimum absolute atomic E-state index is 0.163. The van der Waals surface area contributed by atoms with E-state index >= 15 is 0 Å². The highest BCUT2D eigenvalue weighted by Gasteiger charge is 2.27. The normalized spacial score (nSPS) is 22.4. The van der Waals surface area contributed by atoms with Gasteiger partial charge in [-0.15, -0.1) is 11.3 Å². The van der Waals surface area contributed by atoms with Crippen molar-refractivity contribution >= 4 is 33.2 Å². The van der Waals surface area contributed by atoms with Crippen LogP contribution in [0.4, 0.5) is 0 Å². The van der Waals surface area contributed by atoms with Gasteiger partial charge in [0.1, 0.15) is 0 Å². The number of rotatable bonds is 1. The van der Waals surface area contributed by atoms with Gasteiger partial charge in [-0.05, 0) is 42.0 Å². The van der Waals surface area contributed by atoms with Crippen molar-refractivity contribution in [1.82, 2.24) is 9.80 Å². The van der Waals surface area contributed by atoms with Crippen molar-refractivity contribution in [3.63, 3.8) is 0 Å². The molecule has 1 aliphatic rings. The Bertz CT molecular complexity index is 393. The van der Waals surface area contributed by atoms with Gasteiger partial charge >= 0.3 is 0 Å². The summed E-state index contributed by atoms with van der Waals surface area (Å²) in [6.45, 7) is 4.85. The summed E-state index contributed by atoms with van der Waals surface area (Å²) in [5, 5.41) is 0. The van der Waals surface area contributed by atoms with E-state index in [9.17, 15) is 4.79 Å². The van der Waals surface area contributed by atoms with E-state index in [0.29, 0.717) is 6.04 Å². The smallest absolute Gasteiger partial charge is 0.264 e. The van der Waals surface area contributed by atoms with Crippen molar-refractivity contribution in [3.8, 4) is 0 Å². The molecule has 3 nitrogen and oxygen atoms in total. The van der Waals surface area contributed by atoms with Crippen molar-refractivity contribution < 1.29 is 4.79 Å². The van der Waals surface area contributed by atoms with Crippen LogP contribution in [0, 0.1) is 0 Å². The van der Waals surface area contributed by atoms with Gasteiger partial charge in [-0.1, -0.05) is 0 Å². The van der Waals surface area contributed by atoms with Crippen molar-refractivity contribution in [2.45, 2.75) is 13.0 Å². The first-order valence-electron chi connectivity index (χ1n) is 5.33. The topological polar surface area (TPSA) is 23.6 Å². The summed E-state index contributed by atoms with van der Waals surface area (Å²) in [4.78, 5) is 17.3. The van der Waals surface area contributed by atoms with Crippen LogP contribution in [0.2, 0.25) is 0 Å². The van der Waals surface area contributed by atoms with Crippen LogP contribution >= 0.6 is 27.3 Å². The first-order chi connectivity index (χ1) is 7.58. The van der Waals surface area contributed by atoms with E-state index < -0.39 is 0 Å². The lowest BCUT2D eigenvalue weighted by Gasteiger charge is -2.38. The predicted octanol–water partition coefficient (Wildman–Crippen LogP) is 2.29. The van der Waals surface area contributed by atoms with E-state index in [4.69, 9.17) is 0 Å². The zero-order chi connectivity index (χ0) is 11.7. The van der Waals surface area contributed by atoms with Crippen LogP contribution in [0.1, 0.15) is 16.6 Å². The van der Waals surface area contributed by atoms with E-state index in [-0.39, 0.29) is 5.91 Å². The number of piperazine rings is 1. The molecule has 0 bridgehead atoms. The molecule has 1 atom stereocenters. The van der Waals surface area contributed by atoms with Gasteiger partial charge in [0.15, 0.2) is 0 Å². The van der Waals surface area contributed by atoms with Gasteiger partial charge in [-0.25, -0.2) is 0 Å². The summed E-state index contributed by atoms with van der Waals surface area (Å²) in [6.07, 6.45) is 0. The summed E-state index contributed by atoms with van der Waals surface area (Å²) < 4.78 is 1.01. The molecule has 5 heteroatoms. The summed E-state index contributed by atoms with van der Waals surface area (Å²) in [7, 11) is 2.10. The molecule has 0 aromatic carbocycles. The second-order valence-electron chi connectivity index (χ2n) is 4.21. The highest BCUT2D eigenvalue weighted by molar-refractivity contribution is 9.11. The molecule has 1 aromatic rings. The number of thiophene rings is 1. The first kappa shape index (κ1) is 12.1. The minimum Gasteiger partial charge on any atom is -0.333 e. The largest absolute Gasteiger partial charge is 0.333 e. The fourth-order valence-electron chi connectivity index (χ4n) is 2.01. The molecule has 1 aromatic heterocycles. The van der Waals surface area contributed by atoms with Gasteiger partial charge < -0.3 is 9.80 Å². The van der Waals surface area contributed by atoms with Gasteiger partial charge in [0.2, 0.25) is 0 Å². The maximum absolute atomic E-state index is 12.2. The fraction of sp³-hybridized carbons (Fsp3) is 0.545. The second kappa shape index (κ2) is 4.85. The van der Waals surface area contributed by atoms with E-state index in [2.05, 4.69) is 34.8 Å². The Morgan fingerprint density at radius 2 is 2.25 bits per heavy atom. The quantitative estimate of drug-likeness (QED) is 0.795. The maximum Gasteiger partial charge on any atom is 0.264 e. The number of nitrogens with zero attached hydrogens (tertiary/aromatic N) is 2. The zero-order valence-corrected chi connectivity index (χ0v) is 11.8. The Kier molecular flexibility index (Phi) is 3.66. The van der Waals surface area contributed by atoms with Crippen LogP contribution in [0.15, 0.2) is 15.9 Å². The lowest BCUT2D eigenvalue weighted by atomic mass is 10.2. The van der Waals surface area contributed by atoms with Crippen LogP contribution in [0.3, 0.4) is 0 Å². The molecule has 1 saturated heterocycles. The molecule has 0 aliphatic carbocycles. The predicted molar refractivity (Wildman–Crippen MR) is 70.0 cm³/mol. The number of carbonyl (C=O) groups is 1. The molecule has 1 aliphatic heterocycles. The summed E-state index contributed by atoms with van der Waals surface area (Å²) >= 11 is 4.89. The zero-order valence-electron chi connectivity index (χ0n) is 9.44. The molecule has 0 radical (unpaired) electrons. The van der Waals surface area contributed by atoms with Crippen LogP contribution < -0.4 is 0 Å². The van der Waals surface area contributed by atoms with Gasteiger partial charge in [0, 0.05) is 25.7 Å². The molecule has 1 amide bonds. The highest BCUT2D eigenvalue weighted by atomic mass is 79.9. The molecule has 1 fully saturated rings. The molecule has 2 rings (SSSR count). The monoisotopic (exact) mass is 302 g/mol. The summed E-state index contributed by atoms with van der Waals surface area (Å²) in [5.74, 6) is 0.163. The number of halogens is 1. The lowest BCUT2D eigenvalue weighted by Crippen LogP contribution is -2.52. The number of carbonyl (C=O) groups excluding carboxylic acids is 1. The Morgan fingerprint density at radius 1 is 1.50 bits per heavy atom. The minimum atomic E-state index is 0.163. The number of hydrogen-bond donors (Lipinski definition) is 0. The van der Waals surface area contributed by atoms with Crippen LogP contribution in [-0.4, -0.2) is 48.4 Å². The maximum atomic E-state index is 12.2. The molecular formula is C11H15BrN2OS. The summed E-state index contributed by atoms with van der Waals surface area (Å²) in [6, 6.07) is 4.12. The van der Waals surface area contributed by atoms with Gasteiger partial charge in [0.05, 0.1) is 8.66 Å². The highest BCUT2D eigenvalue weighted by Crippen LogP contribution is 2.24. The average Bonchev–Trinajstić information content (AvgIpc) is 2.64. The van der Waals surface area contributed by atoms with E-state index in [1.165, 1.54) is 11.3 Å². The number of hydrogen-bond acceptors (Lipinski definition) is 3. The molecule has 1 unspecified atom stereocenters.